The predicted octanol–water partition coefficient (Wildman–Crippen LogP) is 3.14. The summed E-state index contributed by atoms with van der Waals surface area (Å²) in [6.45, 7) is 0. The quantitative estimate of drug-likeness (QED) is 0.252. The minimum atomic E-state index is -0.578. The Morgan fingerprint density at radius 3 is 2.73 bits per heavy atom. The van der Waals surface area contributed by atoms with Gasteiger partial charge in [-0.25, -0.2) is 5.43 Å². The van der Waals surface area contributed by atoms with Gasteiger partial charge in [0.25, 0.3) is 0 Å². The molecule has 0 spiro atoms. The second kappa shape index (κ2) is 9.39. The summed E-state index contributed by atoms with van der Waals surface area (Å²) in [5, 5.41) is 16.5. The zero-order valence-corrected chi connectivity index (χ0v) is 16.5. The Morgan fingerprint density at radius 2 is 2.04 bits per heavy atom. The van der Waals surface area contributed by atoms with Crippen molar-refractivity contribution in [1.82, 2.24) is 5.43 Å². The second-order valence-electron chi connectivity index (χ2n) is 5.05. The molecule has 0 aromatic heterocycles. The van der Waals surface area contributed by atoms with E-state index in [4.69, 9.17) is 16.3 Å². The fourth-order valence-electron chi connectivity index (χ4n) is 1.95. The molecule has 2 amide bonds. The maximum atomic E-state index is 11.8. The van der Waals surface area contributed by atoms with Gasteiger partial charge in [-0.05, 0) is 52.4 Å². The van der Waals surface area contributed by atoms with Crippen molar-refractivity contribution in [1.29, 1.82) is 0 Å². The molecular formula is C17H15ClIN3O4. The molecule has 26 heavy (non-hydrogen) atoms. The average Bonchev–Trinajstić information content (AvgIpc) is 2.59. The number of ether oxygens (including phenoxy) is 1. The van der Waals surface area contributed by atoms with Crippen LogP contribution in [0.3, 0.4) is 0 Å². The number of hydrazone groups is 1. The number of halogens is 2. The molecule has 9 heteroatoms. The van der Waals surface area contributed by atoms with Crippen LogP contribution in [0.5, 0.6) is 11.5 Å². The van der Waals surface area contributed by atoms with Gasteiger partial charge in [-0.3, -0.25) is 9.59 Å². The van der Waals surface area contributed by atoms with E-state index in [-0.39, 0.29) is 5.75 Å². The fourth-order valence-corrected chi connectivity index (χ4v) is 2.75. The van der Waals surface area contributed by atoms with Gasteiger partial charge in [0.2, 0.25) is 11.8 Å². The molecule has 0 radical (unpaired) electrons. The zero-order chi connectivity index (χ0) is 19.1. The molecule has 0 atom stereocenters. The molecule has 7 nitrogen and oxygen atoms in total. The number of phenols is 1. The second-order valence-corrected chi connectivity index (χ2v) is 6.62. The van der Waals surface area contributed by atoms with Crippen molar-refractivity contribution < 1.29 is 19.4 Å². The number of carbonyl (C=O) groups is 2. The Hall–Kier alpha value is -2.33. The van der Waals surface area contributed by atoms with Gasteiger partial charge in [0.1, 0.15) is 6.42 Å². The van der Waals surface area contributed by atoms with Crippen LogP contribution in [0.15, 0.2) is 41.5 Å². The molecule has 0 aliphatic heterocycles. The van der Waals surface area contributed by atoms with Crippen LogP contribution in [-0.2, 0) is 9.59 Å². The third kappa shape index (κ3) is 5.60. The average molecular weight is 488 g/mol. The summed E-state index contributed by atoms with van der Waals surface area (Å²) in [6, 6.07) is 9.96. The van der Waals surface area contributed by atoms with Crippen molar-refractivity contribution in [2.24, 2.45) is 5.10 Å². The van der Waals surface area contributed by atoms with Crippen molar-refractivity contribution >= 4 is 57.9 Å². The van der Waals surface area contributed by atoms with Crippen molar-refractivity contribution in [2.75, 3.05) is 12.4 Å². The maximum absolute atomic E-state index is 11.8. The minimum absolute atomic E-state index is 0.0329. The van der Waals surface area contributed by atoms with Gasteiger partial charge in [-0.15, -0.1) is 0 Å². The van der Waals surface area contributed by atoms with E-state index in [1.807, 2.05) is 22.6 Å². The monoisotopic (exact) mass is 487 g/mol. The number of nitrogens with one attached hydrogen (secondary N) is 2. The molecule has 0 saturated carbocycles. The largest absolute Gasteiger partial charge is 0.504 e. The van der Waals surface area contributed by atoms with Gasteiger partial charge in [0, 0.05) is 0 Å². The Kier molecular flexibility index (Phi) is 7.22. The highest BCUT2D eigenvalue weighted by atomic mass is 127. The number of hydrogen-bond donors (Lipinski definition) is 3. The number of methoxy groups -OCH3 is 1. The highest BCUT2D eigenvalue weighted by Crippen LogP contribution is 2.31. The number of phenolic OH excluding ortho intramolecular Hbond substituents is 1. The first-order valence-corrected chi connectivity index (χ1v) is 8.79. The zero-order valence-electron chi connectivity index (χ0n) is 13.6. The molecule has 2 rings (SSSR count). The Bertz CT molecular complexity index is 858. The van der Waals surface area contributed by atoms with Gasteiger partial charge in [0.15, 0.2) is 11.5 Å². The number of rotatable bonds is 6. The van der Waals surface area contributed by atoms with Gasteiger partial charge in [-0.2, -0.15) is 5.10 Å². The molecule has 136 valence electrons. The van der Waals surface area contributed by atoms with Crippen molar-refractivity contribution in [3.63, 3.8) is 0 Å². The Balaban J connectivity index is 1.90. The highest BCUT2D eigenvalue weighted by Gasteiger charge is 2.11. The number of hydrogen-bond acceptors (Lipinski definition) is 5. The predicted molar refractivity (Wildman–Crippen MR) is 108 cm³/mol. The summed E-state index contributed by atoms with van der Waals surface area (Å²) in [7, 11) is 1.44. The van der Waals surface area contributed by atoms with Crippen LogP contribution in [0.2, 0.25) is 5.02 Å². The maximum Gasteiger partial charge on any atom is 0.249 e. The Morgan fingerprint density at radius 1 is 1.31 bits per heavy atom. The van der Waals surface area contributed by atoms with Gasteiger partial charge >= 0.3 is 0 Å². The molecule has 0 fully saturated rings. The fraction of sp³-hybridized carbons (Fsp3) is 0.118. The molecule has 2 aromatic rings. The van der Waals surface area contributed by atoms with Crippen LogP contribution >= 0.6 is 34.2 Å². The van der Waals surface area contributed by atoms with Crippen LogP contribution in [0.4, 0.5) is 5.69 Å². The van der Waals surface area contributed by atoms with E-state index in [1.165, 1.54) is 13.3 Å². The molecule has 2 aromatic carbocycles. The van der Waals surface area contributed by atoms with Crippen LogP contribution in [0, 0.1) is 3.57 Å². The third-order valence-electron chi connectivity index (χ3n) is 3.14. The van der Waals surface area contributed by atoms with Crippen LogP contribution in [0.1, 0.15) is 12.0 Å². The van der Waals surface area contributed by atoms with E-state index in [0.717, 1.165) is 0 Å². The standard InChI is InChI=1S/C17H15ClIN3O4/c1-26-14-7-10(6-12(19)17(14)25)9-20-22-16(24)8-15(23)21-13-5-3-2-4-11(13)18/h2-7,9,25H,8H2,1H3,(H,21,23)(H,22,24). The normalized spacial score (nSPS) is 10.6. The number of para-hydroxylation sites is 1. The topological polar surface area (TPSA) is 100 Å². The number of benzene rings is 2. The van der Waals surface area contributed by atoms with Crippen LogP contribution in [0.25, 0.3) is 0 Å². The summed E-state index contributed by atoms with van der Waals surface area (Å²) < 4.78 is 5.62. The smallest absolute Gasteiger partial charge is 0.249 e. The van der Waals surface area contributed by atoms with E-state index in [1.54, 1.807) is 36.4 Å². The summed E-state index contributed by atoms with van der Waals surface area (Å²) in [5.41, 5.74) is 3.31. The van der Waals surface area contributed by atoms with E-state index in [0.29, 0.717) is 25.6 Å². The SMILES string of the molecule is COc1cc(C=NNC(=O)CC(=O)Nc2ccccc2Cl)cc(I)c1O. The summed E-state index contributed by atoms with van der Waals surface area (Å²) >= 11 is 7.89. The minimum Gasteiger partial charge on any atom is -0.504 e. The van der Waals surface area contributed by atoms with Crippen molar-refractivity contribution in [2.45, 2.75) is 6.42 Å². The summed E-state index contributed by atoms with van der Waals surface area (Å²) in [5.74, 6) is -0.757. The highest BCUT2D eigenvalue weighted by molar-refractivity contribution is 14.1. The van der Waals surface area contributed by atoms with E-state index in [9.17, 15) is 14.7 Å². The van der Waals surface area contributed by atoms with Crippen LogP contribution in [-0.4, -0.2) is 30.2 Å². The number of amides is 2. The van der Waals surface area contributed by atoms with Gasteiger partial charge < -0.3 is 15.2 Å². The number of carbonyl (C=O) groups excluding carboxylic acids is 2. The first-order valence-electron chi connectivity index (χ1n) is 7.33. The van der Waals surface area contributed by atoms with Gasteiger partial charge in [0.05, 0.1) is 27.6 Å². The lowest BCUT2D eigenvalue weighted by Gasteiger charge is -2.07. The first-order chi connectivity index (χ1) is 12.4. The summed E-state index contributed by atoms with van der Waals surface area (Å²) in [6.07, 6.45) is 0.979. The van der Waals surface area contributed by atoms with Gasteiger partial charge in [-0.1, -0.05) is 23.7 Å². The van der Waals surface area contributed by atoms with E-state index < -0.39 is 18.2 Å². The van der Waals surface area contributed by atoms with Crippen molar-refractivity contribution in [3.8, 4) is 11.5 Å². The third-order valence-corrected chi connectivity index (χ3v) is 4.29. The molecule has 0 saturated heterocycles. The molecule has 3 N–H and O–H groups in total. The molecule has 0 unspecified atom stereocenters. The van der Waals surface area contributed by atoms with E-state index in [2.05, 4.69) is 15.8 Å². The number of anilines is 1. The Labute approximate surface area is 168 Å². The lowest BCUT2D eigenvalue weighted by Crippen LogP contribution is -2.24. The molecule has 0 aliphatic carbocycles. The van der Waals surface area contributed by atoms with Crippen LogP contribution < -0.4 is 15.5 Å². The molecule has 0 heterocycles. The molecule has 0 bridgehead atoms. The molecule has 0 aliphatic rings. The number of aromatic hydroxyl groups is 1. The van der Waals surface area contributed by atoms with E-state index >= 15 is 0 Å². The summed E-state index contributed by atoms with van der Waals surface area (Å²) in [4.78, 5) is 23.6. The first kappa shape index (κ1) is 20.0. The lowest BCUT2D eigenvalue weighted by molar-refractivity contribution is -0.126. The lowest BCUT2D eigenvalue weighted by atomic mass is 10.2. The molecular weight excluding hydrogens is 473 g/mol. The number of nitrogens with zero attached hydrogens (tertiary/aromatic N) is 1. The van der Waals surface area contributed by atoms with Crippen molar-refractivity contribution in [3.05, 3.63) is 50.6 Å².